The molecule has 1 aromatic carbocycles. The zero-order chi connectivity index (χ0) is 16.9. The molecule has 0 aliphatic heterocycles. The molecule has 0 saturated heterocycles. The second kappa shape index (κ2) is 7.57. The van der Waals surface area contributed by atoms with Crippen LogP contribution in [0.5, 0.6) is 0 Å². The molecule has 0 radical (unpaired) electrons. The summed E-state index contributed by atoms with van der Waals surface area (Å²) in [7, 11) is -2.58. The summed E-state index contributed by atoms with van der Waals surface area (Å²) in [6.45, 7) is 3.57. The molecule has 0 bridgehead atoms. The number of likely N-dealkylation sites (N-methyl/N-ethyl adjacent to an activating group) is 1. The van der Waals surface area contributed by atoms with Gasteiger partial charge in [-0.05, 0) is 39.1 Å². The minimum absolute atomic E-state index is 0.0191. The predicted molar refractivity (Wildman–Crippen MR) is 81.3 cm³/mol. The molecule has 22 heavy (non-hydrogen) atoms. The molecule has 122 valence electrons. The SMILES string of the molecule is CCNC(=O)[C@@H](C)OC(=O)c1ccc(Cl)c(S(=O)(=O)NC)c1. The van der Waals surface area contributed by atoms with Crippen LogP contribution < -0.4 is 10.0 Å². The Morgan fingerprint density at radius 3 is 2.55 bits per heavy atom. The third kappa shape index (κ3) is 4.43. The van der Waals surface area contributed by atoms with Gasteiger partial charge in [0.1, 0.15) is 4.90 Å². The van der Waals surface area contributed by atoms with Crippen LogP contribution in [-0.2, 0) is 19.6 Å². The number of amides is 1. The fourth-order valence-electron chi connectivity index (χ4n) is 1.55. The summed E-state index contributed by atoms with van der Waals surface area (Å²) < 4.78 is 30.7. The largest absolute Gasteiger partial charge is 0.449 e. The van der Waals surface area contributed by atoms with E-state index in [0.717, 1.165) is 6.07 Å². The van der Waals surface area contributed by atoms with Crippen LogP contribution in [0.2, 0.25) is 5.02 Å². The van der Waals surface area contributed by atoms with Crippen molar-refractivity contribution in [2.75, 3.05) is 13.6 Å². The van der Waals surface area contributed by atoms with Crippen molar-refractivity contribution in [2.45, 2.75) is 24.8 Å². The van der Waals surface area contributed by atoms with E-state index in [1.165, 1.54) is 26.1 Å². The van der Waals surface area contributed by atoms with Crippen LogP contribution in [-0.4, -0.2) is 40.0 Å². The topological polar surface area (TPSA) is 102 Å². The van der Waals surface area contributed by atoms with Gasteiger partial charge in [-0.15, -0.1) is 0 Å². The lowest BCUT2D eigenvalue weighted by Gasteiger charge is -2.13. The number of sulfonamides is 1. The van der Waals surface area contributed by atoms with Gasteiger partial charge in [0.15, 0.2) is 6.10 Å². The lowest BCUT2D eigenvalue weighted by Crippen LogP contribution is -2.35. The second-order valence-electron chi connectivity index (χ2n) is 4.29. The zero-order valence-corrected chi connectivity index (χ0v) is 13.9. The fraction of sp³-hybridized carbons (Fsp3) is 0.385. The second-order valence-corrected chi connectivity index (χ2v) is 6.56. The van der Waals surface area contributed by atoms with E-state index in [-0.39, 0.29) is 15.5 Å². The molecule has 2 N–H and O–H groups in total. The van der Waals surface area contributed by atoms with Crippen LogP contribution in [0.25, 0.3) is 0 Å². The quantitative estimate of drug-likeness (QED) is 0.745. The first-order valence-corrected chi connectivity index (χ1v) is 8.30. The van der Waals surface area contributed by atoms with Gasteiger partial charge >= 0.3 is 5.97 Å². The summed E-state index contributed by atoms with van der Waals surface area (Å²) in [5.41, 5.74) is -0.0191. The smallest absolute Gasteiger partial charge is 0.338 e. The van der Waals surface area contributed by atoms with Crippen molar-refractivity contribution in [2.24, 2.45) is 0 Å². The first-order valence-electron chi connectivity index (χ1n) is 6.44. The molecule has 1 amide bonds. The van der Waals surface area contributed by atoms with Gasteiger partial charge in [-0.3, -0.25) is 4.79 Å². The Morgan fingerprint density at radius 1 is 1.36 bits per heavy atom. The van der Waals surface area contributed by atoms with Crippen molar-refractivity contribution in [3.05, 3.63) is 28.8 Å². The standard InChI is InChI=1S/C13H17ClN2O5S/c1-4-16-12(17)8(2)21-13(18)9-5-6-10(14)11(7-9)22(19,20)15-3/h5-8,15H,4H2,1-3H3,(H,16,17)/t8-/m1/s1. The van der Waals surface area contributed by atoms with E-state index in [2.05, 4.69) is 10.0 Å². The van der Waals surface area contributed by atoms with Crippen LogP contribution in [0.3, 0.4) is 0 Å². The number of esters is 1. The highest BCUT2D eigenvalue weighted by Gasteiger charge is 2.22. The average molecular weight is 349 g/mol. The first-order chi connectivity index (χ1) is 10.2. The summed E-state index contributed by atoms with van der Waals surface area (Å²) in [6, 6.07) is 3.70. The number of carbonyl (C=O) groups excluding carboxylic acids is 2. The van der Waals surface area contributed by atoms with Gasteiger partial charge in [-0.25, -0.2) is 17.9 Å². The number of halogens is 1. The lowest BCUT2D eigenvalue weighted by atomic mass is 10.2. The summed E-state index contributed by atoms with van der Waals surface area (Å²) in [6.07, 6.45) is -0.993. The van der Waals surface area contributed by atoms with E-state index in [9.17, 15) is 18.0 Å². The van der Waals surface area contributed by atoms with Crippen LogP contribution in [0.4, 0.5) is 0 Å². The molecular weight excluding hydrogens is 332 g/mol. The Morgan fingerprint density at radius 2 is 2.00 bits per heavy atom. The number of hydrogen-bond donors (Lipinski definition) is 2. The number of rotatable bonds is 6. The van der Waals surface area contributed by atoms with E-state index < -0.39 is 28.0 Å². The Bertz CT molecular complexity index is 675. The maximum atomic E-state index is 12.0. The van der Waals surface area contributed by atoms with E-state index in [0.29, 0.717) is 6.54 Å². The fourth-order valence-corrected chi connectivity index (χ4v) is 2.80. The van der Waals surface area contributed by atoms with E-state index >= 15 is 0 Å². The summed E-state index contributed by atoms with van der Waals surface area (Å²) in [4.78, 5) is 23.3. The minimum atomic E-state index is -3.81. The monoisotopic (exact) mass is 348 g/mol. The predicted octanol–water partition coefficient (Wildman–Crippen LogP) is 0.929. The molecule has 7 nitrogen and oxygen atoms in total. The Hall–Kier alpha value is -1.64. The minimum Gasteiger partial charge on any atom is -0.449 e. The third-order valence-corrected chi connectivity index (χ3v) is 4.63. The van der Waals surface area contributed by atoms with Crippen molar-refractivity contribution < 1.29 is 22.7 Å². The maximum absolute atomic E-state index is 12.0. The maximum Gasteiger partial charge on any atom is 0.338 e. The first kappa shape index (κ1) is 18.4. The lowest BCUT2D eigenvalue weighted by molar-refractivity contribution is -0.128. The number of carbonyl (C=O) groups is 2. The van der Waals surface area contributed by atoms with Crippen molar-refractivity contribution in [1.82, 2.24) is 10.0 Å². The van der Waals surface area contributed by atoms with Gasteiger partial charge in [0, 0.05) is 6.54 Å². The molecule has 1 aromatic rings. The summed E-state index contributed by atoms with van der Waals surface area (Å²) in [5, 5.41) is 2.49. The molecule has 0 aliphatic rings. The number of benzene rings is 1. The zero-order valence-electron chi connectivity index (χ0n) is 12.3. The Kier molecular flexibility index (Phi) is 6.34. The van der Waals surface area contributed by atoms with Crippen LogP contribution >= 0.6 is 11.6 Å². The Labute approximate surface area is 134 Å². The van der Waals surface area contributed by atoms with Crippen molar-refractivity contribution in [3.63, 3.8) is 0 Å². The molecule has 1 rings (SSSR count). The van der Waals surface area contributed by atoms with Gasteiger partial charge in [0.2, 0.25) is 10.0 Å². The molecule has 0 heterocycles. The molecule has 0 saturated carbocycles. The van der Waals surface area contributed by atoms with Crippen molar-refractivity contribution in [1.29, 1.82) is 0 Å². The van der Waals surface area contributed by atoms with Crippen LogP contribution in [0.15, 0.2) is 23.1 Å². The normalized spacial score (nSPS) is 12.5. The van der Waals surface area contributed by atoms with Crippen LogP contribution in [0.1, 0.15) is 24.2 Å². The number of nitrogens with one attached hydrogen (secondary N) is 2. The van der Waals surface area contributed by atoms with E-state index in [4.69, 9.17) is 16.3 Å². The highest BCUT2D eigenvalue weighted by Crippen LogP contribution is 2.23. The summed E-state index contributed by atoms with van der Waals surface area (Å²) in [5.74, 6) is -1.25. The van der Waals surface area contributed by atoms with E-state index in [1.54, 1.807) is 6.92 Å². The molecular formula is C13H17ClN2O5S. The van der Waals surface area contributed by atoms with Gasteiger partial charge in [-0.2, -0.15) is 0 Å². The number of hydrogen-bond acceptors (Lipinski definition) is 5. The van der Waals surface area contributed by atoms with Gasteiger partial charge in [0.25, 0.3) is 5.91 Å². The average Bonchev–Trinajstić information content (AvgIpc) is 2.47. The molecule has 0 fully saturated rings. The highest BCUT2D eigenvalue weighted by molar-refractivity contribution is 7.89. The molecule has 9 heteroatoms. The molecule has 0 unspecified atom stereocenters. The van der Waals surface area contributed by atoms with Gasteiger partial charge < -0.3 is 10.1 Å². The van der Waals surface area contributed by atoms with Gasteiger partial charge in [-0.1, -0.05) is 11.6 Å². The third-order valence-electron chi connectivity index (χ3n) is 2.73. The van der Waals surface area contributed by atoms with Crippen molar-refractivity contribution in [3.8, 4) is 0 Å². The highest BCUT2D eigenvalue weighted by atomic mass is 35.5. The molecule has 0 aliphatic carbocycles. The summed E-state index contributed by atoms with van der Waals surface area (Å²) >= 11 is 5.83. The number of ether oxygens (including phenoxy) is 1. The molecule has 0 spiro atoms. The Balaban J connectivity index is 3.01. The van der Waals surface area contributed by atoms with Crippen molar-refractivity contribution >= 4 is 33.5 Å². The van der Waals surface area contributed by atoms with E-state index in [1.807, 2.05) is 0 Å². The molecule has 0 aromatic heterocycles. The van der Waals surface area contributed by atoms with Gasteiger partial charge in [0.05, 0.1) is 10.6 Å². The van der Waals surface area contributed by atoms with Crippen LogP contribution in [0, 0.1) is 0 Å². The molecule has 1 atom stereocenters.